The maximum atomic E-state index is 12.1. The van der Waals surface area contributed by atoms with E-state index in [2.05, 4.69) is 0 Å². The number of ether oxygens (including phenoxy) is 1. The molecule has 18 heavy (non-hydrogen) atoms. The van der Waals surface area contributed by atoms with Crippen molar-refractivity contribution < 1.29 is 9.53 Å². The van der Waals surface area contributed by atoms with Crippen molar-refractivity contribution in [2.45, 2.75) is 51.1 Å². The number of amides is 1. The topological polar surface area (TPSA) is 55.6 Å². The number of nitrogens with two attached hydrogens (primary N) is 1. The van der Waals surface area contributed by atoms with Crippen molar-refractivity contribution in [1.82, 2.24) is 4.90 Å². The second-order valence-corrected chi connectivity index (χ2v) is 5.22. The number of methoxy groups -OCH3 is 1. The minimum atomic E-state index is 0. The second-order valence-electron chi connectivity index (χ2n) is 5.22. The van der Waals surface area contributed by atoms with Gasteiger partial charge in [-0.1, -0.05) is 12.8 Å². The Morgan fingerprint density at radius 2 is 2.06 bits per heavy atom. The Kier molecular flexibility index (Phi) is 8.57. The summed E-state index contributed by atoms with van der Waals surface area (Å²) in [6, 6.07) is 0.339. The highest BCUT2D eigenvalue weighted by Gasteiger charge is 2.26. The predicted molar refractivity (Wildman–Crippen MR) is 75.9 cm³/mol. The molecule has 0 aliphatic heterocycles. The van der Waals surface area contributed by atoms with Gasteiger partial charge >= 0.3 is 0 Å². The first-order chi connectivity index (χ1) is 8.06. The van der Waals surface area contributed by atoms with Crippen LogP contribution in [0.15, 0.2) is 0 Å². The third-order valence-electron chi connectivity index (χ3n) is 3.87. The quantitative estimate of drug-likeness (QED) is 0.834. The first-order valence-electron chi connectivity index (χ1n) is 6.56. The molecule has 1 aliphatic rings. The lowest BCUT2D eigenvalue weighted by molar-refractivity contribution is -0.134. The van der Waals surface area contributed by atoms with Crippen molar-refractivity contribution >= 4 is 18.3 Å². The van der Waals surface area contributed by atoms with Crippen molar-refractivity contribution in [2.75, 3.05) is 20.8 Å². The molecule has 1 amide bonds. The van der Waals surface area contributed by atoms with Crippen molar-refractivity contribution in [3.63, 3.8) is 0 Å². The van der Waals surface area contributed by atoms with E-state index < -0.39 is 0 Å². The predicted octanol–water partition coefficient (Wildman–Crippen LogP) is 1.81. The fraction of sp³-hybridized carbons (Fsp3) is 0.923. The Morgan fingerprint density at radius 3 is 2.61 bits per heavy atom. The fourth-order valence-corrected chi connectivity index (χ4v) is 2.46. The molecule has 1 saturated carbocycles. The molecule has 0 radical (unpaired) electrons. The summed E-state index contributed by atoms with van der Waals surface area (Å²) in [6.07, 6.45) is 5.17. The third kappa shape index (κ3) is 5.12. The minimum absolute atomic E-state index is 0. The number of halogens is 1. The normalized spacial score (nSPS) is 25.1. The van der Waals surface area contributed by atoms with Crippen LogP contribution in [0.1, 0.15) is 39.0 Å². The van der Waals surface area contributed by atoms with Gasteiger partial charge in [0.25, 0.3) is 0 Å². The summed E-state index contributed by atoms with van der Waals surface area (Å²) in [5, 5.41) is 0. The molecule has 0 saturated heterocycles. The molecule has 5 heteroatoms. The van der Waals surface area contributed by atoms with Crippen molar-refractivity contribution in [1.29, 1.82) is 0 Å². The number of hydrogen-bond donors (Lipinski definition) is 1. The molecule has 0 spiro atoms. The van der Waals surface area contributed by atoms with Gasteiger partial charge < -0.3 is 15.4 Å². The van der Waals surface area contributed by atoms with Crippen molar-refractivity contribution in [2.24, 2.45) is 11.7 Å². The van der Waals surface area contributed by atoms with Crippen LogP contribution in [0.4, 0.5) is 0 Å². The Balaban J connectivity index is 0.00000289. The number of carbonyl (C=O) groups is 1. The summed E-state index contributed by atoms with van der Waals surface area (Å²) in [7, 11) is 3.51. The standard InChI is InChI=1S/C13H26N2O2.ClH/c1-10(9-17-3)15(2)13(16)8-11-6-4-5-7-12(11)14;/h10-12H,4-9,14H2,1-3H3;1H. The van der Waals surface area contributed by atoms with Gasteiger partial charge in [0.2, 0.25) is 5.91 Å². The number of hydrogen-bond acceptors (Lipinski definition) is 3. The minimum Gasteiger partial charge on any atom is -0.383 e. The molecule has 0 aromatic carbocycles. The fourth-order valence-electron chi connectivity index (χ4n) is 2.46. The first kappa shape index (κ1) is 17.7. The van der Waals surface area contributed by atoms with E-state index in [0.717, 1.165) is 12.8 Å². The van der Waals surface area contributed by atoms with Gasteiger partial charge in [-0.15, -0.1) is 12.4 Å². The number of carbonyl (C=O) groups excluding carboxylic acids is 1. The van der Waals surface area contributed by atoms with Gasteiger partial charge in [0.15, 0.2) is 0 Å². The zero-order valence-electron chi connectivity index (χ0n) is 11.7. The first-order valence-corrected chi connectivity index (χ1v) is 6.56. The Labute approximate surface area is 117 Å². The molecule has 1 aliphatic carbocycles. The molecule has 0 aromatic rings. The molecule has 0 aromatic heterocycles. The average molecular weight is 279 g/mol. The smallest absolute Gasteiger partial charge is 0.222 e. The summed E-state index contributed by atoms with van der Waals surface area (Å²) in [4.78, 5) is 13.9. The van der Waals surface area contributed by atoms with E-state index in [-0.39, 0.29) is 30.4 Å². The summed E-state index contributed by atoms with van der Waals surface area (Å²) < 4.78 is 5.07. The van der Waals surface area contributed by atoms with Gasteiger partial charge in [-0.05, 0) is 25.7 Å². The Bertz CT molecular complexity index is 251. The molecule has 108 valence electrons. The molecule has 0 heterocycles. The van der Waals surface area contributed by atoms with Crippen LogP contribution in [0.2, 0.25) is 0 Å². The Hall–Kier alpha value is -0.320. The molecule has 1 rings (SSSR count). The van der Waals surface area contributed by atoms with Crippen LogP contribution < -0.4 is 5.73 Å². The zero-order valence-corrected chi connectivity index (χ0v) is 12.5. The third-order valence-corrected chi connectivity index (χ3v) is 3.87. The number of rotatable bonds is 5. The lowest BCUT2D eigenvalue weighted by Gasteiger charge is -2.31. The van der Waals surface area contributed by atoms with E-state index in [1.807, 2.05) is 14.0 Å². The van der Waals surface area contributed by atoms with Crippen LogP contribution in [0.5, 0.6) is 0 Å². The summed E-state index contributed by atoms with van der Waals surface area (Å²) in [6.45, 7) is 2.58. The summed E-state index contributed by atoms with van der Waals surface area (Å²) in [5.41, 5.74) is 6.07. The molecule has 4 nitrogen and oxygen atoms in total. The average Bonchev–Trinajstić information content (AvgIpc) is 2.31. The monoisotopic (exact) mass is 278 g/mol. The van der Waals surface area contributed by atoms with E-state index in [9.17, 15) is 4.79 Å². The van der Waals surface area contributed by atoms with Gasteiger partial charge in [-0.3, -0.25) is 4.79 Å². The van der Waals surface area contributed by atoms with E-state index in [0.29, 0.717) is 18.9 Å². The van der Waals surface area contributed by atoms with Crippen LogP contribution >= 0.6 is 12.4 Å². The maximum absolute atomic E-state index is 12.1. The lowest BCUT2D eigenvalue weighted by Crippen LogP contribution is -2.41. The van der Waals surface area contributed by atoms with Crippen molar-refractivity contribution in [3.05, 3.63) is 0 Å². The van der Waals surface area contributed by atoms with E-state index in [1.54, 1.807) is 12.0 Å². The highest BCUT2D eigenvalue weighted by molar-refractivity contribution is 5.85. The molecule has 3 atom stereocenters. The summed E-state index contributed by atoms with van der Waals surface area (Å²) >= 11 is 0. The Morgan fingerprint density at radius 1 is 1.44 bits per heavy atom. The lowest BCUT2D eigenvalue weighted by atomic mass is 9.82. The molecule has 0 bridgehead atoms. The number of nitrogens with zero attached hydrogens (tertiary/aromatic N) is 1. The van der Waals surface area contributed by atoms with Crippen LogP contribution in [-0.2, 0) is 9.53 Å². The molecule has 1 fully saturated rings. The van der Waals surface area contributed by atoms with Crippen LogP contribution in [0.25, 0.3) is 0 Å². The SMILES string of the molecule is COCC(C)N(C)C(=O)CC1CCCCC1N.Cl. The van der Waals surface area contributed by atoms with E-state index in [4.69, 9.17) is 10.5 Å². The zero-order chi connectivity index (χ0) is 12.8. The van der Waals surface area contributed by atoms with Gasteiger partial charge in [0.05, 0.1) is 12.6 Å². The second kappa shape index (κ2) is 8.73. The molecule has 3 unspecified atom stereocenters. The van der Waals surface area contributed by atoms with Gasteiger partial charge in [0.1, 0.15) is 0 Å². The van der Waals surface area contributed by atoms with E-state index >= 15 is 0 Å². The molecule has 2 N–H and O–H groups in total. The number of likely N-dealkylation sites (N-methyl/N-ethyl adjacent to an activating group) is 1. The maximum Gasteiger partial charge on any atom is 0.222 e. The summed E-state index contributed by atoms with van der Waals surface area (Å²) in [5.74, 6) is 0.561. The highest BCUT2D eigenvalue weighted by Crippen LogP contribution is 2.26. The van der Waals surface area contributed by atoms with Crippen molar-refractivity contribution in [3.8, 4) is 0 Å². The largest absolute Gasteiger partial charge is 0.383 e. The van der Waals surface area contributed by atoms with Gasteiger partial charge in [0, 0.05) is 26.6 Å². The van der Waals surface area contributed by atoms with Gasteiger partial charge in [-0.2, -0.15) is 0 Å². The van der Waals surface area contributed by atoms with Gasteiger partial charge in [-0.25, -0.2) is 0 Å². The highest BCUT2D eigenvalue weighted by atomic mass is 35.5. The van der Waals surface area contributed by atoms with Crippen LogP contribution in [0.3, 0.4) is 0 Å². The van der Waals surface area contributed by atoms with Crippen LogP contribution in [0, 0.1) is 5.92 Å². The van der Waals surface area contributed by atoms with E-state index in [1.165, 1.54) is 12.8 Å². The molecular formula is C13H27ClN2O2. The van der Waals surface area contributed by atoms with Crippen LogP contribution in [-0.4, -0.2) is 43.7 Å². The molecular weight excluding hydrogens is 252 g/mol.